The second-order valence-corrected chi connectivity index (χ2v) is 6.81. The smallest absolute Gasteiger partial charge is 0.326 e. The minimum atomic E-state index is -4.58. The first-order valence-corrected chi connectivity index (χ1v) is 8.70. The van der Waals surface area contributed by atoms with Gasteiger partial charge in [0.05, 0.1) is 22.1 Å². The molecule has 0 bridgehead atoms. The summed E-state index contributed by atoms with van der Waals surface area (Å²) in [5.74, 6) is -3.14. The van der Waals surface area contributed by atoms with Gasteiger partial charge in [0.15, 0.2) is 0 Å². The van der Waals surface area contributed by atoms with Gasteiger partial charge in [0, 0.05) is 24.7 Å². The van der Waals surface area contributed by atoms with E-state index in [0.29, 0.717) is 0 Å². The van der Waals surface area contributed by atoms with Gasteiger partial charge in [0.2, 0.25) is 17.6 Å². The maximum atomic E-state index is 13.5. The third-order valence-electron chi connectivity index (χ3n) is 4.74. The Morgan fingerprint density at radius 2 is 1.93 bits per heavy atom. The number of alkyl halides is 3. The van der Waals surface area contributed by atoms with E-state index in [9.17, 15) is 37.3 Å². The zero-order chi connectivity index (χ0) is 22.2. The second-order valence-electron chi connectivity index (χ2n) is 6.81. The van der Waals surface area contributed by atoms with Crippen molar-refractivity contribution < 1.29 is 32.1 Å². The van der Waals surface area contributed by atoms with Crippen LogP contribution in [0.5, 0.6) is 0 Å². The van der Waals surface area contributed by atoms with Gasteiger partial charge < -0.3 is 10.2 Å². The summed E-state index contributed by atoms with van der Waals surface area (Å²) in [6.45, 7) is 1.15. The number of aryl methyl sites for hydroxylation is 1. The van der Waals surface area contributed by atoms with Gasteiger partial charge in [-0.05, 0) is 36.8 Å². The number of benzene rings is 2. The van der Waals surface area contributed by atoms with Crippen molar-refractivity contribution in [2.75, 3.05) is 16.8 Å². The molecule has 1 atom stereocenters. The summed E-state index contributed by atoms with van der Waals surface area (Å²) in [7, 11) is 0. The summed E-state index contributed by atoms with van der Waals surface area (Å²) >= 11 is 0. The van der Waals surface area contributed by atoms with Crippen LogP contribution in [0.3, 0.4) is 0 Å². The highest BCUT2D eigenvalue weighted by molar-refractivity contribution is 6.03. The van der Waals surface area contributed by atoms with E-state index in [1.54, 1.807) is 0 Å². The lowest BCUT2D eigenvalue weighted by atomic mass is 10.1. The Labute approximate surface area is 167 Å². The Morgan fingerprint density at radius 1 is 1.23 bits per heavy atom. The SMILES string of the molecule is Cc1ccc(NC(=O)C2CC(=O)N(c3ccc(F)c([N+](=O)[O-])c3)C2)cc1C(F)(F)F. The average Bonchev–Trinajstić information content (AvgIpc) is 3.04. The molecule has 1 aliphatic rings. The van der Waals surface area contributed by atoms with Crippen molar-refractivity contribution in [3.63, 3.8) is 0 Å². The molecule has 1 unspecified atom stereocenters. The average molecular weight is 425 g/mol. The largest absolute Gasteiger partial charge is 0.416 e. The fourth-order valence-corrected chi connectivity index (χ4v) is 3.19. The fourth-order valence-electron chi connectivity index (χ4n) is 3.19. The number of rotatable bonds is 4. The standard InChI is InChI=1S/C19H15F4N3O4/c1-10-2-3-12(7-14(10)19(21,22)23)24-18(28)11-6-17(27)25(9-11)13-4-5-15(20)16(8-13)26(29)30/h2-5,7-8,11H,6,9H2,1H3,(H,24,28). The molecular formula is C19H15F4N3O4. The lowest BCUT2D eigenvalue weighted by Gasteiger charge is -2.17. The Bertz CT molecular complexity index is 1040. The Hall–Kier alpha value is -3.50. The maximum absolute atomic E-state index is 13.5. The number of nitro benzene ring substituents is 1. The molecule has 0 aliphatic carbocycles. The highest BCUT2D eigenvalue weighted by Gasteiger charge is 2.37. The van der Waals surface area contributed by atoms with Crippen molar-refractivity contribution in [1.29, 1.82) is 0 Å². The van der Waals surface area contributed by atoms with E-state index in [2.05, 4.69) is 5.32 Å². The highest BCUT2D eigenvalue weighted by atomic mass is 19.4. The second kappa shape index (κ2) is 7.73. The number of anilines is 2. The molecule has 7 nitrogen and oxygen atoms in total. The third-order valence-corrected chi connectivity index (χ3v) is 4.74. The molecule has 30 heavy (non-hydrogen) atoms. The number of nitrogens with zero attached hydrogens (tertiary/aromatic N) is 2. The first kappa shape index (κ1) is 21.2. The third kappa shape index (κ3) is 4.24. The summed E-state index contributed by atoms with van der Waals surface area (Å²) in [6, 6.07) is 6.27. The van der Waals surface area contributed by atoms with Crippen molar-refractivity contribution in [2.45, 2.75) is 19.5 Å². The topological polar surface area (TPSA) is 92.6 Å². The van der Waals surface area contributed by atoms with Crippen molar-refractivity contribution >= 4 is 28.9 Å². The molecule has 1 N–H and O–H groups in total. The molecule has 0 saturated carbocycles. The molecule has 0 radical (unpaired) electrons. The predicted molar refractivity (Wildman–Crippen MR) is 98.3 cm³/mol. The van der Waals surface area contributed by atoms with Gasteiger partial charge in [-0.3, -0.25) is 19.7 Å². The van der Waals surface area contributed by atoms with Gasteiger partial charge in [-0.1, -0.05) is 6.07 Å². The molecule has 2 aromatic carbocycles. The van der Waals surface area contributed by atoms with E-state index >= 15 is 0 Å². The molecule has 1 saturated heterocycles. The van der Waals surface area contributed by atoms with Crippen LogP contribution in [-0.4, -0.2) is 23.3 Å². The molecule has 0 spiro atoms. The number of amides is 2. The summed E-state index contributed by atoms with van der Waals surface area (Å²) in [5.41, 5.74) is -1.71. The number of hydrogen-bond acceptors (Lipinski definition) is 4. The summed E-state index contributed by atoms with van der Waals surface area (Å²) in [5, 5.41) is 13.3. The molecule has 1 aliphatic heterocycles. The predicted octanol–water partition coefficient (Wildman–Crippen LogP) is 4.05. The maximum Gasteiger partial charge on any atom is 0.416 e. The molecule has 2 aromatic rings. The van der Waals surface area contributed by atoms with E-state index in [1.807, 2.05) is 0 Å². The van der Waals surface area contributed by atoms with E-state index in [0.717, 1.165) is 23.1 Å². The number of hydrogen-bond donors (Lipinski definition) is 1. The van der Waals surface area contributed by atoms with Crippen molar-refractivity contribution in [3.05, 3.63) is 63.5 Å². The van der Waals surface area contributed by atoms with Crippen LogP contribution in [0.15, 0.2) is 36.4 Å². The van der Waals surface area contributed by atoms with Gasteiger partial charge >= 0.3 is 11.9 Å². The molecule has 2 amide bonds. The molecule has 11 heteroatoms. The molecular weight excluding hydrogens is 410 g/mol. The zero-order valence-electron chi connectivity index (χ0n) is 15.5. The van der Waals surface area contributed by atoms with Crippen LogP contribution in [-0.2, 0) is 15.8 Å². The number of carbonyl (C=O) groups excluding carboxylic acids is 2. The van der Waals surface area contributed by atoms with Gasteiger partial charge in [-0.2, -0.15) is 17.6 Å². The van der Waals surface area contributed by atoms with Gasteiger partial charge in [0.1, 0.15) is 0 Å². The van der Waals surface area contributed by atoms with E-state index < -0.39 is 45.9 Å². The van der Waals surface area contributed by atoms with Crippen molar-refractivity contribution in [3.8, 4) is 0 Å². The Morgan fingerprint density at radius 3 is 2.57 bits per heavy atom. The van der Waals surface area contributed by atoms with Crippen molar-refractivity contribution in [1.82, 2.24) is 0 Å². The summed E-state index contributed by atoms with van der Waals surface area (Å²) < 4.78 is 52.6. The quantitative estimate of drug-likeness (QED) is 0.454. The highest BCUT2D eigenvalue weighted by Crippen LogP contribution is 2.34. The Balaban J connectivity index is 1.76. The molecule has 1 heterocycles. The van der Waals surface area contributed by atoms with Gasteiger partial charge in [-0.25, -0.2) is 0 Å². The minimum Gasteiger partial charge on any atom is -0.326 e. The number of nitrogens with one attached hydrogen (secondary N) is 1. The first-order valence-electron chi connectivity index (χ1n) is 8.70. The van der Waals surface area contributed by atoms with Crippen LogP contribution in [0, 0.1) is 28.8 Å². The first-order chi connectivity index (χ1) is 14.0. The monoisotopic (exact) mass is 425 g/mol. The van der Waals surface area contributed by atoms with Gasteiger partial charge in [0.25, 0.3) is 0 Å². The lowest BCUT2D eigenvalue weighted by Crippen LogP contribution is -2.28. The van der Waals surface area contributed by atoms with Crippen LogP contribution < -0.4 is 10.2 Å². The number of carbonyl (C=O) groups is 2. The fraction of sp³-hybridized carbons (Fsp3) is 0.263. The lowest BCUT2D eigenvalue weighted by molar-refractivity contribution is -0.387. The molecule has 0 aromatic heterocycles. The summed E-state index contributed by atoms with van der Waals surface area (Å²) in [6.07, 6.45) is -4.82. The molecule has 3 rings (SSSR count). The molecule has 158 valence electrons. The normalized spacial score (nSPS) is 16.6. The number of halogens is 4. The van der Waals surface area contributed by atoms with Crippen LogP contribution in [0.2, 0.25) is 0 Å². The van der Waals surface area contributed by atoms with Crippen LogP contribution in [0.1, 0.15) is 17.5 Å². The minimum absolute atomic E-state index is 0.000576. The summed E-state index contributed by atoms with van der Waals surface area (Å²) in [4.78, 5) is 35.8. The van der Waals surface area contributed by atoms with Crippen molar-refractivity contribution in [2.24, 2.45) is 5.92 Å². The zero-order valence-corrected chi connectivity index (χ0v) is 15.5. The number of nitro groups is 1. The Kier molecular flexibility index (Phi) is 5.47. The van der Waals surface area contributed by atoms with Crippen LogP contribution in [0.25, 0.3) is 0 Å². The van der Waals surface area contributed by atoms with Gasteiger partial charge in [-0.15, -0.1) is 0 Å². The van der Waals surface area contributed by atoms with Crippen LogP contribution in [0.4, 0.5) is 34.6 Å². The van der Waals surface area contributed by atoms with E-state index in [1.165, 1.54) is 25.1 Å². The van der Waals surface area contributed by atoms with E-state index in [-0.39, 0.29) is 29.9 Å². The van der Waals surface area contributed by atoms with E-state index in [4.69, 9.17) is 0 Å². The molecule has 1 fully saturated rings. The van der Waals surface area contributed by atoms with Crippen LogP contribution >= 0.6 is 0 Å².